The van der Waals surface area contributed by atoms with Crippen LogP contribution in [-0.2, 0) is 23.7 Å². The topological polar surface area (TPSA) is 181 Å². The van der Waals surface area contributed by atoms with Gasteiger partial charge in [0.1, 0.15) is 12.7 Å². The van der Waals surface area contributed by atoms with Gasteiger partial charge < -0.3 is 18.9 Å². The molecule has 0 aliphatic carbocycles. The molecule has 14 nitrogen and oxygen atoms in total. The number of carbonyl (C=O) groups is 4. The molecule has 1 aliphatic heterocycles. The molecule has 0 radical (unpaired) electrons. The van der Waals surface area contributed by atoms with E-state index in [1.54, 1.807) is 91.0 Å². The van der Waals surface area contributed by atoms with E-state index in [-0.39, 0.29) is 33.8 Å². The molecule has 2 aromatic heterocycles. The number of benzene rings is 3. The quantitative estimate of drug-likeness (QED) is 0.175. The predicted octanol–water partition coefficient (Wildman–Crippen LogP) is 3.67. The molecule has 3 heterocycles. The van der Waals surface area contributed by atoms with Gasteiger partial charge in [-0.15, -0.1) is 0 Å². The number of nitrogens with zero attached hydrogens (tertiary/aromatic N) is 3. The van der Waals surface area contributed by atoms with E-state index in [2.05, 4.69) is 20.3 Å². The van der Waals surface area contributed by atoms with E-state index in [0.717, 1.165) is 0 Å². The van der Waals surface area contributed by atoms with Crippen LogP contribution in [0.2, 0.25) is 0 Å². The van der Waals surface area contributed by atoms with Crippen molar-refractivity contribution in [1.29, 1.82) is 0 Å². The van der Waals surface area contributed by atoms with Crippen LogP contribution in [0, 0.1) is 0 Å². The van der Waals surface area contributed by atoms with Gasteiger partial charge in [0, 0.05) is 6.92 Å². The summed E-state index contributed by atoms with van der Waals surface area (Å²) in [5.41, 5.74) is -1.97. The lowest BCUT2D eigenvalue weighted by molar-refractivity contribution is -0.114. The Kier molecular flexibility index (Phi) is 8.81. The minimum absolute atomic E-state index is 0.0375. The number of carbonyl (C=O) groups excluding carboxylic acids is 4. The molecular formula is C34H29N5O9. The van der Waals surface area contributed by atoms with Gasteiger partial charge in [-0.2, -0.15) is 4.98 Å². The molecule has 1 aliphatic rings. The molecule has 1 amide bonds. The first-order valence-electron chi connectivity index (χ1n) is 14.8. The Labute approximate surface area is 272 Å². The second-order valence-electron chi connectivity index (χ2n) is 11.0. The first-order valence-corrected chi connectivity index (χ1v) is 14.8. The SMILES string of the molecule is CC(=O)Nc1nc2c(ncn2[C@@H]2O[C@H](COC(=O)c3ccccc3)[C@@H](OC(=O)c3ccccc3)[C@@]2(C)OC(=O)c2ccccc2)c(=O)[nH]1. The number of hydrogen-bond donors (Lipinski definition) is 2. The van der Waals surface area contributed by atoms with Gasteiger partial charge in [-0.05, 0) is 43.3 Å². The van der Waals surface area contributed by atoms with E-state index in [1.165, 1.54) is 24.7 Å². The first kappa shape index (κ1) is 31.8. The molecule has 3 aromatic carbocycles. The summed E-state index contributed by atoms with van der Waals surface area (Å²) in [5, 5.41) is 2.43. The molecule has 48 heavy (non-hydrogen) atoms. The molecule has 6 rings (SSSR count). The molecule has 2 N–H and O–H groups in total. The van der Waals surface area contributed by atoms with Gasteiger partial charge in [0.05, 0.1) is 23.0 Å². The maximum absolute atomic E-state index is 13.6. The summed E-state index contributed by atoms with van der Waals surface area (Å²) in [6.45, 7) is 2.32. The van der Waals surface area contributed by atoms with Gasteiger partial charge in [-0.3, -0.25) is 24.5 Å². The number of nitrogens with one attached hydrogen (secondary N) is 2. The fraction of sp³-hybridized carbons (Fsp3) is 0.206. The average molecular weight is 652 g/mol. The van der Waals surface area contributed by atoms with E-state index in [0.29, 0.717) is 0 Å². The fourth-order valence-corrected chi connectivity index (χ4v) is 5.38. The smallest absolute Gasteiger partial charge is 0.338 e. The van der Waals surface area contributed by atoms with Crippen LogP contribution >= 0.6 is 0 Å². The van der Waals surface area contributed by atoms with Crippen molar-refractivity contribution in [2.45, 2.75) is 37.9 Å². The number of aromatic nitrogens is 4. The number of aromatic amines is 1. The molecule has 14 heteroatoms. The molecule has 0 unspecified atom stereocenters. The van der Waals surface area contributed by atoms with Crippen molar-refractivity contribution in [2.75, 3.05) is 11.9 Å². The van der Waals surface area contributed by atoms with Gasteiger partial charge in [0.2, 0.25) is 11.9 Å². The highest BCUT2D eigenvalue weighted by molar-refractivity contribution is 5.91. The average Bonchev–Trinajstić information content (AvgIpc) is 3.62. The molecule has 244 valence electrons. The fourth-order valence-electron chi connectivity index (χ4n) is 5.38. The third kappa shape index (κ3) is 6.41. The monoisotopic (exact) mass is 651 g/mol. The van der Waals surface area contributed by atoms with Crippen LogP contribution in [0.4, 0.5) is 5.95 Å². The number of H-pyrrole nitrogens is 1. The van der Waals surface area contributed by atoms with E-state index >= 15 is 0 Å². The van der Waals surface area contributed by atoms with Gasteiger partial charge in [-0.1, -0.05) is 54.6 Å². The van der Waals surface area contributed by atoms with E-state index in [4.69, 9.17) is 18.9 Å². The lowest BCUT2D eigenvalue weighted by atomic mass is 9.95. The van der Waals surface area contributed by atoms with Crippen LogP contribution in [0.15, 0.2) is 102 Å². The summed E-state index contributed by atoms with van der Waals surface area (Å²) in [6.07, 6.45) is -2.67. The highest BCUT2D eigenvalue weighted by atomic mass is 16.7. The van der Waals surface area contributed by atoms with Gasteiger partial charge >= 0.3 is 17.9 Å². The van der Waals surface area contributed by atoms with Crippen LogP contribution in [0.1, 0.15) is 51.1 Å². The zero-order valence-electron chi connectivity index (χ0n) is 25.7. The Morgan fingerprint density at radius 1 is 0.875 bits per heavy atom. The summed E-state index contributed by atoms with van der Waals surface area (Å²) in [5.74, 6) is -2.86. The van der Waals surface area contributed by atoms with Crippen molar-refractivity contribution in [3.8, 4) is 0 Å². The van der Waals surface area contributed by atoms with Gasteiger partial charge in [0.15, 0.2) is 29.1 Å². The van der Waals surface area contributed by atoms with Crippen molar-refractivity contribution in [2.24, 2.45) is 0 Å². The summed E-state index contributed by atoms with van der Waals surface area (Å²) in [7, 11) is 0. The second kappa shape index (κ2) is 13.3. The number of fused-ring (bicyclic) bond motifs is 1. The van der Waals surface area contributed by atoms with Crippen molar-refractivity contribution in [3.63, 3.8) is 0 Å². The number of esters is 3. The standard InChI is InChI=1S/C34H29N5O9/c1-20(40)36-33-37-27-25(28(41)38-33)35-19-39(27)32-34(2,48-31(44)23-16-10-5-11-17-23)26(47-30(43)22-14-8-4-9-15-22)24(46-32)18-45-29(42)21-12-6-3-7-13-21/h3-17,19,24,26,32H,18H2,1-2H3,(H2,36,37,38,40,41)/t24-,26-,32-,34-/m1/s1. The zero-order chi connectivity index (χ0) is 33.8. The first-order chi connectivity index (χ1) is 23.1. The second-order valence-corrected chi connectivity index (χ2v) is 11.0. The summed E-state index contributed by atoms with van der Waals surface area (Å²) in [6, 6.07) is 24.6. The van der Waals surface area contributed by atoms with Crippen molar-refractivity contribution < 1.29 is 38.1 Å². The maximum Gasteiger partial charge on any atom is 0.338 e. The van der Waals surface area contributed by atoms with Crippen LogP contribution in [-0.4, -0.2) is 67.7 Å². The minimum atomic E-state index is -1.84. The lowest BCUT2D eigenvalue weighted by Gasteiger charge is -2.34. The van der Waals surface area contributed by atoms with Crippen molar-refractivity contribution >= 4 is 40.9 Å². The molecule has 5 aromatic rings. The number of rotatable bonds is 9. The Morgan fingerprint density at radius 2 is 1.44 bits per heavy atom. The summed E-state index contributed by atoms with van der Waals surface area (Å²) < 4.78 is 25.5. The van der Waals surface area contributed by atoms with Crippen LogP contribution in [0.5, 0.6) is 0 Å². The minimum Gasteiger partial charge on any atom is -0.459 e. The van der Waals surface area contributed by atoms with Gasteiger partial charge in [-0.25, -0.2) is 19.4 Å². The highest BCUT2D eigenvalue weighted by Gasteiger charge is 2.60. The zero-order valence-corrected chi connectivity index (χ0v) is 25.7. The van der Waals surface area contributed by atoms with E-state index in [1.807, 2.05) is 0 Å². The normalized spacial score (nSPS) is 20.2. The number of ether oxygens (including phenoxy) is 4. The van der Waals surface area contributed by atoms with Crippen molar-refractivity contribution in [1.82, 2.24) is 19.5 Å². The Bertz CT molecular complexity index is 2030. The summed E-state index contributed by atoms with van der Waals surface area (Å²) >= 11 is 0. The predicted molar refractivity (Wildman–Crippen MR) is 169 cm³/mol. The maximum atomic E-state index is 13.6. The molecule has 0 spiro atoms. The van der Waals surface area contributed by atoms with Crippen LogP contribution < -0.4 is 10.9 Å². The molecule has 1 saturated heterocycles. The number of hydrogen-bond acceptors (Lipinski definition) is 11. The molecule has 4 atom stereocenters. The number of anilines is 1. The third-order valence-electron chi connectivity index (χ3n) is 7.63. The van der Waals surface area contributed by atoms with Crippen LogP contribution in [0.3, 0.4) is 0 Å². The van der Waals surface area contributed by atoms with E-state index < -0.39 is 60.0 Å². The third-order valence-corrected chi connectivity index (χ3v) is 7.63. The number of amides is 1. The highest BCUT2D eigenvalue weighted by Crippen LogP contribution is 2.44. The number of imidazole rings is 1. The molecule has 0 saturated carbocycles. The molecule has 1 fully saturated rings. The largest absolute Gasteiger partial charge is 0.459 e. The molecular weight excluding hydrogens is 622 g/mol. The molecule has 0 bridgehead atoms. The van der Waals surface area contributed by atoms with E-state index in [9.17, 15) is 24.0 Å². The Morgan fingerprint density at radius 3 is 2.02 bits per heavy atom. The summed E-state index contributed by atoms with van der Waals surface area (Å²) in [4.78, 5) is 75.7. The lowest BCUT2D eigenvalue weighted by Crippen LogP contribution is -2.50. The van der Waals surface area contributed by atoms with Crippen LogP contribution in [0.25, 0.3) is 11.2 Å². The van der Waals surface area contributed by atoms with Gasteiger partial charge in [0.25, 0.3) is 5.56 Å². The van der Waals surface area contributed by atoms with Crippen molar-refractivity contribution in [3.05, 3.63) is 124 Å². The Balaban J connectivity index is 1.45. The Hall–Kier alpha value is -6.15.